The molecule has 3 aliphatic rings. The Morgan fingerprint density at radius 1 is 1.03 bits per heavy atom. The van der Waals surface area contributed by atoms with Crippen LogP contribution in [0, 0.1) is 0 Å². The molecule has 3 saturated heterocycles. The van der Waals surface area contributed by atoms with Crippen molar-refractivity contribution < 1.29 is 22.7 Å². The standard InChI is InChI=1S/C26H35ClN4O5S3/c1-36-17-19-6-2-12-29(19)15-18-5-3-14-31(18)24(32)16-30-13-4-7-20(26(30)33)28-39(34,35)25-11-9-22(38-25)21-8-10-23(27)37-21/h8-11,18-20,28H,2-7,12-17H2,1H3. The van der Waals surface area contributed by atoms with Crippen molar-refractivity contribution in [3.05, 3.63) is 28.6 Å². The maximum Gasteiger partial charge on any atom is 0.250 e. The lowest BCUT2D eigenvalue weighted by Gasteiger charge is -2.35. The van der Waals surface area contributed by atoms with Gasteiger partial charge in [-0.15, -0.1) is 22.7 Å². The molecule has 3 unspecified atom stereocenters. The first-order valence-corrected chi connectivity index (χ1v) is 16.9. The first-order valence-electron chi connectivity index (χ1n) is 13.4. The molecule has 5 heterocycles. The highest BCUT2D eigenvalue weighted by Crippen LogP contribution is 2.37. The minimum atomic E-state index is -3.89. The third kappa shape index (κ3) is 6.69. The van der Waals surface area contributed by atoms with Gasteiger partial charge in [-0.25, -0.2) is 8.42 Å². The van der Waals surface area contributed by atoms with E-state index in [1.54, 1.807) is 25.3 Å². The molecule has 1 N–H and O–H groups in total. The Morgan fingerprint density at radius 3 is 2.51 bits per heavy atom. The molecule has 0 bridgehead atoms. The minimum absolute atomic E-state index is 0.0165. The number of amides is 2. The fourth-order valence-electron chi connectivity index (χ4n) is 5.89. The van der Waals surface area contributed by atoms with Crippen LogP contribution < -0.4 is 4.72 Å². The van der Waals surface area contributed by atoms with Gasteiger partial charge < -0.3 is 14.5 Å². The van der Waals surface area contributed by atoms with E-state index in [-0.39, 0.29) is 28.6 Å². The van der Waals surface area contributed by atoms with Gasteiger partial charge in [0.2, 0.25) is 11.8 Å². The zero-order valence-electron chi connectivity index (χ0n) is 22.0. The van der Waals surface area contributed by atoms with Gasteiger partial charge in [0.15, 0.2) is 0 Å². The van der Waals surface area contributed by atoms with E-state index in [0.717, 1.165) is 59.9 Å². The highest BCUT2D eigenvalue weighted by molar-refractivity contribution is 7.91. The maximum absolute atomic E-state index is 13.3. The number of hydrogen-bond donors (Lipinski definition) is 1. The van der Waals surface area contributed by atoms with Crippen LogP contribution in [0.25, 0.3) is 9.75 Å². The van der Waals surface area contributed by atoms with E-state index >= 15 is 0 Å². The molecule has 0 spiro atoms. The van der Waals surface area contributed by atoms with E-state index in [0.29, 0.717) is 42.9 Å². The first-order chi connectivity index (χ1) is 18.7. The van der Waals surface area contributed by atoms with Crippen molar-refractivity contribution in [2.45, 2.75) is 60.9 Å². The number of rotatable bonds is 10. The molecule has 5 rings (SSSR count). The second-order valence-electron chi connectivity index (χ2n) is 10.4. The molecule has 0 aliphatic carbocycles. The van der Waals surface area contributed by atoms with Gasteiger partial charge in [-0.05, 0) is 69.3 Å². The molecule has 214 valence electrons. The van der Waals surface area contributed by atoms with E-state index in [9.17, 15) is 18.0 Å². The van der Waals surface area contributed by atoms with Gasteiger partial charge in [0.25, 0.3) is 10.0 Å². The van der Waals surface area contributed by atoms with Gasteiger partial charge in [-0.2, -0.15) is 4.72 Å². The number of piperidine rings is 1. The minimum Gasteiger partial charge on any atom is -0.383 e. The van der Waals surface area contributed by atoms with Gasteiger partial charge in [0.1, 0.15) is 10.3 Å². The SMILES string of the molecule is COCC1CCCN1CC1CCCN1C(=O)CN1CCCC(NS(=O)(=O)c2ccc(-c3ccc(Cl)s3)s2)C1=O. The fourth-order valence-corrected chi connectivity index (χ4v) is 9.57. The summed E-state index contributed by atoms with van der Waals surface area (Å²) in [6.45, 7) is 3.68. The molecule has 3 atom stereocenters. The summed E-state index contributed by atoms with van der Waals surface area (Å²) >= 11 is 8.55. The lowest BCUT2D eigenvalue weighted by atomic mass is 10.1. The van der Waals surface area contributed by atoms with Gasteiger partial charge in [-0.3, -0.25) is 14.5 Å². The molecule has 13 heteroatoms. The normalized spacial score (nSPS) is 24.7. The molecule has 2 aromatic heterocycles. The molecule has 9 nitrogen and oxygen atoms in total. The van der Waals surface area contributed by atoms with Crippen LogP contribution in [0.1, 0.15) is 38.5 Å². The summed E-state index contributed by atoms with van der Waals surface area (Å²) in [6, 6.07) is 6.58. The monoisotopic (exact) mass is 614 g/mol. The van der Waals surface area contributed by atoms with Crippen LogP contribution in [-0.2, 0) is 24.3 Å². The number of carbonyl (C=O) groups excluding carboxylic acids is 2. The number of likely N-dealkylation sites (tertiary alicyclic amines) is 3. The Morgan fingerprint density at radius 2 is 1.74 bits per heavy atom. The second kappa shape index (κ2) is 12.5. The average molecular weight is 615 g/mol. The fraction of sp³-hybridized carbons (Fsp3) is 0.615. The number of sulfonamides is 1. The van der Waals surface area contributed by atoms with E-state index in [1.165, 1.54) is 16.2 Å². The highest BCUT2D eigenvalue weighted by atomic mass is 35.5. The van der Waals surface area contributed by atoms with Crippen LogP contribution in [0.5, 0.6) is 0 Å². The predicted octanol–water partition coefficient (Wildman–Crippen LogP) is 3.50. The van der Waals surface area contributed by atoms with E-state index in [2.05, 4.69) is 9.62 Å². The number of thiophene rings is 2. The van der Waals surface area contributed by atoms with Crippen LogP contribution >= 0.6 is 34.3 Å². The molecule has 2 aromatic rings. The molecular formula is C26H35ClN4O5S3. The van der Waals surface area contributed by atoms with Crippen molar-refractivity contribution >= 4 is 56.1 Å². The van der Waals surface area contributed by atoms with Gasteiger partial charge >= 0.3 is 0 Å². The van der Waals surface area contributed by atoms with Crippen LogP contribution in [-0.4, -0.2) is 99.5 Å². The predicted molar refractivity (Wildman–Crippen MR) is 154 cm³/mol. The number of ether oxygens (including phenoxy) is 1. The van der Waals surface area contributed by atoms with Crippen molar-refractivity contribution in [3.8, 4) is 9.75 Å². The zero-order valence-corrected chi connectivity index (χ0v) is 25.2. The summed E-state index contributed by atoms with van der Waals surface area (Å²) in [5.41, 5.74) is 0. The van der Waals surface area contributed by atoms with Crippen molar-refractivity contribution in [1.82, 2.24) is 19.4 Å². The van der Waals surface area contributed by atoms with Gasteiger partial charge in [0.05, 0.1) is 17.5 Å². The van der Waals surface area contributed by atoms with E-state index in [1.807, 2.05) is 11.0 Å². The molecule has 3 fully saturated rings. The average Bonchev–Trinajstić information content (AvgIpc) is 3.70. The zero-order chi connectivity index (χ0) is 27.6. The Bertz CT molecular complexity index is 1280. The summed E-state index contributed by atoms with van der Waals surface area (Å²) < 4.78 is 35.0. The van der Waals surface area contributed by atoms with Crippen LogP contribution in [0.2, 0.25) is 4.34 Å². The third-order valence-electron chi connectivity index (χ3n) is 7.82. The summed E-state index contributed by atoms with van der Waals surface area (Å²) in [7, 11) is -2.17. The second-order valence-corrected chi connectivity index (χ2v) is 15.2. The molecule has 0 radical (unpaired) electrons. The summed E-state index contributed by atoms with van der Waals surface area (Å²) in [5, 5.41) is 0. The van der Waals surface area contributed by atoms with Crippen molar-refractivity contribution in [1.29, 1.82) is 0 Å². The Hall–Kier alpha value is -1.54. The van der Waals surface area contributed by atoms with Crippen molar-refractivity contribution in [3.63, 3.8) is 0 Å². The highest BCUT2D eigenvalue weighted by Gasteiger charge is 2.37. The number of halogens is 1. The molecule has 0 aromatic carbocycles. The van der Waals surface area contributed by atoms with E-state index < -0.39 is 16.1 Å². The summed E-state index contributed by atoms with van der Waals surface area (Å²) in [4.78, 5) is 34.2. The smallest absolute Gasteiger partial charge is 0.250 e. The van der Waals surface area contributed by atoms with Crippen LogP contribution in [0.15, 0.2) is 28.5 Å². The van der Waals surface area contributed by atoms with Crippen molar-refractivity contribution in [2.24, 2.45) is 0 Å². The number of methoxy groups -OCH3 is 1. The quantitative estimate of drug-likeness (QED) is 0.440. The lowest BCUT2D eigenvalue weighted by molar-refractivity contribution is -0.143. The van der Waals surface area contributed by atoms with Gasteiger partial charge in [-0.1, -0.05) is 11.6 Å². The molecule has 3 aliphatic heterocycles. The number of hydrogen-bond acceptors (Lipinski definition) is 8. The summed E-state index contributed by atoms with van der Waals surface area (Å²) in [6.07, 6.45) is 5.21. The summed E-state index contributed by atoms with van der Waals surface area (Å²) in [5.74, 6) is -0.398. The Kier molecular flexibility index (Phi) is 9.32. The van der Waals surface area contributed by atoms with Crippen molar-refractivity contribution in [2.75, 3.05) is 46.4 Å². The van der Waals surface area contributed by atoms with Gasteiger partial charge in [0, 0.05) is 48.6 Å². The maximum atomic E-state index is 13.3. The number of nitrogens with zero attached hydrogens (tertiary/aromatic N) is 3. The number of carbonyl (C=O) groups is 2. The number of nitrogens with one attached hydrogen (secondary N) is 1. The molecule has 2 amide bonds. The largest absolute Gasteiger partial charge is 0.383 e. The molecule has 39 heavy (non-hydrogen) atoms. The third-order valence-corrected chi connectivity index (χ3v) is 12.3. The Labute approximate surface area is 243 Å². The molecular weight excluding hydrogens is 580 g/mol. The van der Waals surface area contributed by atoms with E-state index in [4.69, 9.17) is 16.3 Å². The molecule has 0 saturated carbocycles. The van der Waals surface area contributed by atoms with Crippen LogP contribution in [0.4, 0.5) is 0 Å². The first kappa shape index (κ1) is 29.0. The lowest BCUT2D eigenvalue weighted by Crippen LogP contribution is -2.55. The topological polar surface area (TPSA) is 99.3 Å². The van der Waals surface area contributed by atoms with Crippen LogP contribution in [0.3, 0.4) is 0 Å². The Balaban J connectivity index is 1.19.